The van der Waals surface area contributed by atoms with Gasteiger partial charge < -0.3 is 14.4 Å². The van der Waals surface area contributed by atoms with Crippen LogP contribution in [0, 0.1) is 0 Å². The number of carbonyl (C=O) groups is 3. The molecule has 1 aromatic carbocycles. The molecule has 0 radical (unpaired) electrons. The van der Waals surface area contributed by atoms with Crippen LogP contribution in [0.1, 0.15) is 57.9 Å². The standard InChI is InChI=1S/C25H31Cl2NO5S/c1-3-13-28(14-4-2)15-6-16-34-25(32-21(29)9-10-22(30)33-25)23(31)24(11-5-12-24)18-7-8-19(26)20(27)17-18/h7-10,17H,3-6,11-16H2,1-2H3. The van der Waals surface area contributed by atoms with Crippen molar-refractivity contribution in [2.24, 2.45) is 0 Å². The Morgan fingerprint density at radius 2 is 1.62 bits per heavy atom. The largest absolute Gasteiger partial charge is 0.403 e. The van der Waals surface area contributed by atoms with E-state index in [4.69, 9.17) is 32.7 Å². The fraction of sp³-hybridized carbons (Fsp3) is 0.560. The van der Waals surface area contributed by atoms with E-state index >= 15 is 0 Å². The first kappa shape index (κ1) is 27.1. The maximum absolute atomic E-state index is 14.1. The molecule has 1 saturated carbocycles. The van der Waals surface area contributed by atoms with E-state index in [1.165, 1.54) is 0 Å². The molecular weight excluding hydrogens is 497 g/mol. The number of hydrogen-bond donors (Lipinski definition) is 0. The Balaban J connectivity index is 1.86. The van der Waals surface area contributed by atoms with E-state index in [2.05, 4.69) is 18.7 Å². The number of ether oxygens (including phenoxy) is 2. The van der Waals surface area contributed by atoms with Crippen LogP contribution >= 0.6 is 35.0 Å². The average molecular weight is 528 g/mol. The summed E-state index contributed by atoms with van der Waals surface area (Å²) < 4.78 is 11.1. The summed E-state index contributed by atoms with van der Waals surface area (Å²) >= 11 is 13.4. The van der Waals surface area contributed by atoms with Crippen molar-refractivity contribution in [1.82, 2.24) is 4.90 Å². The van der Waals surface area contributed by atoms with Crippen molar-refractivity contribution in [3.8, 4) is 0 Å². The quantitative estimate of drug-likeness (QED) is 0.261. The van der Waals surface area contributed by atoms with Crippen molar-refractivity contribution in [3.05, 3.63) is 46.0 Å². The van der Waals surface area contributed by atoms with E-state index in [0.29, 0.717) is 34.2 Å². The summed E-state index contributed by atoms with van der Waals surface area (Å²) in [6.45, 7) is 7.12. The number of thioether (sulfide) groups is 1. The van der Waals surface area contributed by atoms with Crippen molar-refractivity contribution < 1.29 is 23.9 Å². The van der Waals surface area contributed by atoms with Crippen LogP contribution in [0.4, 0.5) is 0 Å². The molecule has 0 saturated heterocycles. The second kappa shape index (κ2) is 11.9. The van der Waals surface area contributed by atoms with Gasteiger partial charge in [0.1, 0.15) is 0 Å². The second-order valence-electron chi connectivity index (χ2n) is 8.67. The molecule has 0 atom stereocenters. The van der Waals surface area contributed by atoms with Crippen LogP contribution in [-0.4, -0.2) is 53.1 Å². The maximum Gasteiger partial charge on any atom is 0.369 e. The predicted octanol–water partition coefficient (Wildman–Crippen LogP) is 5.54. The van der Waals surface area contributed by atoms with Crippen LogP contribution in [0.15, 0.2) is 30.4 Å². The number of benzene rings is 1. The summed E-state index contributed by atoms with van der Waals surface area (Å²) in [7, 11) is 0. The minimum atomic E-state index is -2.05. The summed E-state index contributed by atoms with van der Waals surface area (Å²) in [4.78, 5) is 41.2. The van der Waals surface area contributed by atoms with E-state index < -0.39 is 28.3 Å². The number of halogens is 2. The summed E-state index contributed by atoms with van der Waals surface area (Å²) in [6.07, 6.45) is 6.75. The SMILES string of the molecule is CCCN(CCC)CCCSC1(C(=O)C2(c3ccc(Cl)c(Cl)c3)CCC2)OC(=O)C=CC(=O)O1. The number of ketones is 1. The Hall–Kier alpha value is -1.54. The van der Waals surface area contributed by atoms with Gasteiger partial charge in [-0.2, -0.15) is 0 Å². The van der Waals surface area contributed by atoms with Crippen LogP contribution in [-0.2, 0) is 29.3 Å². The lowest BCUT2D eigenvalue weighted by Crippen LogP contribution is -2.56. The Morgan fingerprint density at radius 3 is 2.12 bits per heavy atom. The molecule has 1 aliphatic heterocycles. The Morgan fingerprint density at radius 1 is 1.00 bits per heavy atom. The monoisotopic (exact) mass is 527 g/mol. The molecule has 0 N–H and O–H groups in total. The first-order chi connectivity index (χ1) is 16.3. The number of Topliss-reactive ketones (excluding diaryl/α,β-unsaturated/α-hetero) is 1. The van der Waals surface area contributed by atoms with Crippen LogP contribution in [0.2, 0.25) is 10.0 Å². The molecule has 1 heterocycles. The lowest BCUT2D eigenvalue weighted by molar-refractivity contribution is -0.197. The molecule has 3 rings (SSSR count). The van der Waals surface area contributed by atoms with Crippen LogP contribution in [0.5, 0.6) is 0 Å². The molecule has 0 unspecified atom stereocenters. The Bertz CT molecular complexity index is 921. The molecule has 186 valence electrons. The minimum Gasteiger partial charge on any atom is -0.403 e. The zero-order valence-electron chi connectivity index (χ0n) is 19.6. The van der Waals surface area contributed by atoms with Gasteiger partial charge in [-0.05, 0) is 69.4 Å². The highest BCUT2D eigenvalue weighted by Gasteiger charge is 2.59. The van der Waals surface area contributed by atoms with Crippen molar-refractivity contribution >= 4 is 52.7 Å². The smallest absolute Gasteiger partial charge is 0.369 e. The molecule has 0 bridgehead atoms. The lowest BCUT2D eigenvalue weighted by atomic mass is 9.61. The number of esters is 2. The number of hydrogen-bond acceptors (Lipinski definition) is 7. The molecule has 1 aliphatic carbocycles. The topological polar surface area (TPSA) is 72.9 Å². The average Bonchev–Trinajstić information content (AvgIpc) is 2.91. The lowest BCUT2D eigenvalue weighted by Gasteiger charge is -2.45. The third kappa shape index (κ3) is 5.99. The van der Waals surface area contributed by atoms with E-state index in [9.17, 15) is 14.4 Å². The number of carbonyl (C=O) groups excluding carboxylic acids is 3. The minimum absolute atomic E-state index is 0.336. The molecule has 0 aromatic heterocycles. The van der Waals surface area contributed by atoms with Crippen molar-refractivity contribution in [2.45, 2.75) is 62.9 Å². The van der Waals surface area contributed by atoms with Gasteiger partial charge in [-0.1, -0.05) is 61.3 Å². The van der Waals surface area contributed by atoms with E-state index in [1.807, 2.05) is 0 Å². The fourth-order valence-corrected chi connectivity index (χ4v) is 5.88. The summed E-state index contributed by atoms with van der Waals surface area (Å²) in [5.74, 6) is -1.53. The Kier molecular flexibility index (Phi) is 9.49. The molecule has 0 amide bonds. The van der Waals surface area contributed by atoms with Gasteiger partial charge >= 0.3 is 17.1 Å². The van der Waals surface area contributed by atoms with E-state index in [0.717, 1.165) is 69.2 Å². The summed E-state index contributed by atoms with van der Waals surface area (Å²) in [5, 5.41) is -1.33. The predicted molar refractivity (Wildman–Crippen MR) is 135 cm³/mol. The molecule has 1 fully saturated rings. The first-order valence-electron chi connectivity index (χ1n) is 11.8. The Labute approximate surface area is 215 Å². The second-order valence-corrected chi connectivity index (χ2v) is 10.7. The maximum atomic E-state index is 14.1. The molecular formula is C25H31Cl2NO5S. The normalized spacial score (nSPS) is 18.7. The molecule has 1 aromatic rings. The van der Waals surface area contributed by atoms with Crippen molar-refractivity contribution in [3.63, 3.8) is 0 Å². The van der Waals surface area contributed by atoms with Gasteiger partial charge in [0.25, 0.3) is 0 Å². The van der Waals surface area contributed by atoms with Gasteiger partial charge in [-0.25, -0.2) is 9.59 Å². The summed E-state index contributed by atoms with van der Waals surface area (Å²) in [6, 6.07) is 5.08. The highest BCUT2D eigenvalue weighted by molar-refractivity contribution is 8.01. The van der Waals surface area contributed by atoms with Gasteiger partial charge in [0.15, 0.2) is 0 Å². The number of cyclic esters (lactones) is 2. The van der Waals surface area contributed by atoms with Gasteiger partial charge in [0.2, 0.25) is 5.78 Å². The van der Waals surface area contributed by atoms with E-state index in [-0.39, 0.29) is 0 Å². The van der Waals surface area contributed by atoms with Gasteiger partial charge in [-0.3, -0.25) is 4.79 Å². The van der Waals surface area contributed by atoms with Crippen molar-refractivity contribution in [2.75, 3.05) is 25.4 Å². The van der Waals surface area contributed by atoms with Crippen LogP contribution in [0.25, 0.3) is 0 Å². The van der Waals surface area contributed by atoms with Gasteiger partial charge in [0.05, 0.1) is 15.5 Å². The third-order valence-corrected chi connectivity index (χ3v) is 8.17. The fourth-order valence-electron chi connectivity index (χ4n) is 4.43. The zero-order valence-corrected chi connectivity index (χ0v) is 21.9. The number of nitrogens with zero attached hydrogens (tertiary/aromatic N) is 1. The van der Waals surface area contributed by atoms with Crippen molar-refractivity contribution in [1.29, 1.82) is 0 Å². The molecule has 0 spiro atoms. The molecule has 9 heteroatoms. The number of rotatable bonds is 12. The van der Waals surface area contributed by atoms with E-state index in [1.54, 1.807) is 18.2 Å². The van der Waals surface area contributed by atoms with Gasteiger partial charge in [-0.15, -0.1) is 0 Å². The summed E-state index contributed by atoms with van der Waals surface area (Å²) in [5.41, 5.74) is -0.290. The highest BCUT2D eigenvalue weighted by atomic mass is 35.5. The zero-order chi connectivity index (χ0) is 24.8. The molecule has 6 nitrogen and oxygen atoms in total. The molecule has 34 heavy (non-hydrogen) atoms. The van der Waals surface area contributed by atoms with Gasteiger partial charge in [0, 0.05) is 17.9 Å². The van der Waals surface area contributed by atoms with Crippen LogP contribution in [0.3, 0.4) is 0 Å². The highest BCUT2D eigenvalue weighted by Crippen LogP contribution is 2.51. The third-order valence-electron chi connectivity index (χ3n) is 6.21. The first-order valence-corrected chi connectivity index (χ1v) is 13.5. The van der Waals surface area contributed by atoms with Crippen LogP contribution < -0.4 is 0 Å². The molecule has 2 aliphatic rings.